The lowest BCUT2D eigenvalue weighted by atomic mass is 10.2. The van der Waals surface area contributed by atoms with Crippen molar-refractivity contribution >= 4 is 11.6 Å². The third-order valence-corrected chi connectivity index (χ3v) is 4.12. The van der Waals surface area contributed by atoms with Gasteiger partial charge >= 0.3 is 6.01 Å². The number of hydrogen-bond acceptors (Lipinski definition) is 7. The molecule has 0 unspecified atom stereocenters. The van der Waals surface area contributed by atoms with Gasteiger partial charge in [0.1, 0.15) is 0 Å². The van der Waals surface area contributed by atoms with Gasteiger partial charge in [0.05, 0.1) is 5.69 Å². The maximum Gasteiger partial charge on any atom is 0.317 e. The van der Waals surface area contributed by atoms with Crippen LogP contribution in [0.25, 0.3) is 17.1 Å². The van der Waals surface area contributed by atoms with Gasteiger partial charge in [-0.25, -0.2) is 0 Å². The molecular formula is C17H15ClN8O. The van der Waals surface area contributed by atoms with E-state index in [-0.39, 0.29) is 0 Å². The van der Waals surface area contributed by atoms with E-state index in [0.717, 1.165) is 5.56 Å². The Hall–Kier alpha value is -3.33. The second kappa shape index (κ2) is 7.12. The summed E-state index contributed by atoms with van der Waals surface area (Å²) in [7, 11) is 1.83. The molecule has 0 bridgehead atoms. The van der Waals surface area contributed by atoms with Crippen LogP contribution >= 0.6 is 11.6 Å². The lowest BCUT2D eigenvalue weighted by Crippen LogP contribution is -2.09. The van der Waals surface area contributed by atoms with Crippen LogP contribution in [-0.4, -0.2) is 40.0 Å². The van der Waals surface area contributed by atoms with Gasteiger partial charge in [0.15, 0.2) is 11.9 Å². The third-order valence-electron chi connectivity index (χ3n) is 3.89. The molecule has 0 saturated carbocycles. The largest absolute Gasteiger partial charge is 0.452 e. The fourth-order valence-corrected chi connectivity index (χ4v) is 2.66. The summed E-state index contributed by atoms with van der Waals surface area (Å²) in [4.78, 5) is 5.41. The van der Waals surface area contributed by atoms with E-state index in [9.17, 15) is 0 Å². The number of rotatable bonds is 5. The molecule has 3 heterocycles. The first-order valence-electron chi connectivity index (χ1n) is 8.14. The van der Waals surface area contributed by atoms with Crippen LogP contribution in [0.4, 0.5) is 0 Å². The number of halogens is 1. The summed E-state index contributed by atoms with van der Waals surface area (Å²) in [6.07, 6.45) is 2.93. The molecule has 0 aliphatic heterocycles. The number of hydrogen-bond donors (Lipinski definition) is 0. The Bertz CT molecular complexity index is 1060. The summed E-state index contributed by atoms with van der Waals surface area (Å²) in [6, 6.07) is 11.3. The fraction of sp³-hybridized carbons (Fsp3) is 0.176. The molecule has 3 aromatic heterocycles. The number of pyridine rings is 1. The minimum atomic E-state index is -0.467. The maximum absolute atomic E-state index is 6.01. The summed E-state index contributed by atoms with van der Waals surface area (Å²) in [5, 5.41) is 21.4. The van der Waals surface area contributed by atoms with E-state index in [4.69, 9.17) is 16.3 Å². The molecule has 4 rings (SSSR count). The predicted molar refractivity (Wildman–Crippen MR) is 97.4 cm³/mol. The van der Waals surface area contributed by atoms with Crippen molar-refractivity contribution in [3.05, 3.63) is 59.6 Å². The average Bonchev–Trinajstić information content (AvgIpc) is 3.31. The van der Waals surface area contributed by atoms with Gasteiger partial charge in [-0.1, -0.05) is 22.8 Å². The smallest absolute Gasteiger partial charge is 0.317 e. The van der Waals surface area contributed by atoms with Gasteiger partial charge in [0, 0.05) is 30.0 Å². The van der Waals surface area contributed by atoms with E-state index in [2.05, 4.69) is 30.6 Å². The summed E-state index contributed by atoms with van der Waals surface area (Å²) in [5.74, 6) is 1.10. The number of aromatic nitrogens is 8. The van der Waals surface area contributed by atoms with Crippen LogP contribution in [0.5, 0.6) is 6.01 Å². The van der Waals surface area contributed by atoms with Gasteiger partial charge in [-0.05, 0) is 42.5 Å². The van der Waals surface area contributed by atoms with Crippen molar-refractivity contribution in [2.75, 3.05) is 0 Å². The molecule has 1 atom stereocenters. The van der Waals surface area contributed by atoms with Crippen LogP contribution in [0.15, 0.2) is 48.8 Å². The lowest BCUT2D eigenvalue weighted by Gasteiger charge is -2.10. The molecule has 0 amide bonds. The zero-order valence-corrected chi connectivity index (χ0v) is 15.3. The minimum Gasteiger partial charge on any atom is -0.452 e. The van der Waals surface area contributed by atoms with Crippen LogP contribution in [0, 0.1) is 0 Å². The molecule has 10 heteroatoms. The summed E-state index contributed by atoms with van der Waals surface area (Å²) >= 11 is 6.01. The average molecular weight is 383 g/mol. The Morgan fingerprint density at radius 3 is 2.67 bits per heavy atom. The van der Waals surface area contributed by atoms with Crippen LogP contribution in [0.1, 0.15) is 18.9 Å². The highest BCUT2D eigenvalue weighted by Crippen LogP contribution is 2.23. The van der Waals surface area contributed by atoms with E-state index in [1.54, 1.807) is 29.1 Å². The van der Waals surface area contributed by atoms with E-state index in [1.165, 1.54) is 4.80 Å². The number of tetrazole rings is 1. The van der Waals surface area contributed by atoms with Gasteiger partial charge in [-0.15, -0.1) is 20.1 Å². The van der Waals surface area contributed by atoms with Crippen molar-refractivity contribution in [3.8, 4) is 23.1 Å². The molecule has 9 nitrogen and oxygen atoms in total. The Balaban J connectivity index is 1.53. The zero-order valence-electron chi connectivity index (χ0n) is 14.6. The molecule has 0 N–H and O–H groups in total. The SMILES string of the molecule is C[C@H](Oc1nnc(-c2ccncc2)n1C)c1nnn(-c2cccc(Cl)c2)n1. The van der Waals surface area contributed by atoms with E-state index in [1.807, 2.05) is 38.2 Å². The second-order valence-electron chi connectivity index (χ2n) is 5.78. The summed E-state index contributed by atoms with van der Waals surface area (Å²) < 4.78 is 7.63. The Labute approximate surface area is 159 Å². The van der Waals surface area contributed by atoms with Crippen LogP contribution in [-0.2, 0) is 7.05 Å². The molecule has 1 aromatic carbocycles. The minimum absolute atomic E-state index is 0.355. The highest BCUT2D eigenvalue weighted by Gasteiger charge is 2.19. The standard InChI is InChI=1S/C17H15ClN8O/c1-11(15-20-24-26(23-15)14-5-3-4-13(18)10-14)27-17-22-21-16(25(17)2)12-6-8-19-9-7-12/h3-11H,1-2H3/t11-/m0/s1. The van der Waals surface area contributed by atoms with Crippen molar-refractivity contribution in [2.24, 2.45) is 7.05 Å². The van der Waals surface area contributed by atoms with Gasteiger partial charge < -0.3 is 4.74 Å². The normalized spacial score (nSPS) is 12.1. The van der Waals surface area contributed by atoms with Crippen LogP contribution in [0.2, 0.25) is 5.02 Å². The highest BCUT2D eigenvalue weighted by atomic mass is 35.5. The monoisotopic (exact) mass is 382 g/mol. The van der Waals surface area contributed by atoms with Crippen LogP contribution in [0.3, 0.4) is 0 Å². The Morgan fingerprint density at radius 1 is 1.07 bits per heavy atom. The maximum atomic E-state index is 6.01. The highest BCUT2D eigenvalue weighted by molar-refractivity contribution is 6.30. The van der Waals surface area contributed by atoms with Gasteiger partial charge in [-0.2, -0.15) is 0 Å². The quantitative estimate of drug-likeness (QED) is 0.523. The molecule has 0 fully saturated rings. The molecule has 0 radical (unpaired) electrons. The van der Waals surface area contributed by atoms with Crippen molar-refractivity contribution in [1.29, 1.82) is 0 Å². The zero-order chi connectivity index (χ0) is 18.8. The Kier molecular flexibility index (Phi) is 4.51. The number of benzene rings is 1. The molecule has 136 valence electrons. The van der Waals surface area contributed by atoms with Gasteiger partial charge in [-0.3, -0.25) is 9.55 Å². The van der Waals surface area contributed by atoms with E-state index < -0.39 is 6.10 Å². The molecule has 0 aliphatic carbocycles. The van der Waals surface area contributed by atoms with Crippen molar-refractivity contribution < 1.29 is 4.74 Å². The Morgan fingerprint density at radius 2 is 1.89 bits per heavy atom. The third kappa shape index (κ3) is 3.49. The predicted octanol–water partition coefficient (Wildman–Crippen LogP) is 2.65. The first kappa shape index (κ1) is 17.1. The van der Waals surface area contributed by atoms with E-state index in [0.29, 0.717) is 28.4 Å². The molecule has 27 heavy (non-hydrogen) atoms. The van der Waals surface area contributed by atoms with Gasteiger partial charge in [0.25, 0.3) is 0 Å². The van der Waals surface area contributed by atoms with Crippen LogP contribution < -0.4 is 4.74 Å². The first-order valence-corrected chi connectivity index (χ1v) is 8.52. The summed E-state index contributed by atoms with van der Waals surface area (Å²) in [5.41, 5.74) is 1.61. The number of nitrogens with zero attached hydrogens (tertiary/aromatic N) is 8. The second-order valence-corrected chi connectivity index (χ2v) is 6.21. The number of ether oxygens (including phenoxy) is 1. The van der Waals surface area contributed by atoms with E-state index >= 15 is 0 Å². The fourth-order valence-electron chi connectivity index (χ4n) is 2.48. The van der Waals surface area contributed by atoms with Crippen molar-refractivity contribution in [1.82, 2.24) is 40.0 Å². The molecule has 4 aromatic rings. The lowest BCUT2D eigenvalue weighted by molar-refractivity contribution is 0.190. The molecule has 0 spiro atoms. The molecule has 0 aliphatic rings. The van der Waals surface area contributed by atoms with Crippen molar-refractivity contribution in [3.63, 3.8) is 0 Å². The first-order chi connectivity index (χ1) is 13.1. The topological polar surface area (TPSA) is 96.4 Å². The molecule has 0 saturated heterocycles. The van der Waals surface area contributed by atoms with Gasteiger partial charge in [0.2, 0.25) is 5.82 Å². The molecular weight excluding hydrogens is 368 g/mol. The van der Waals surface area contributed by atoms with Crippen molar-refractivity contribution in [2.45, 2.75) is 13.0 Å². The summed E-state index contributed by atoms with van der Waals surface area (Å²) in [6.45, 7) is 1.82.